The first-order valence-corrected chi connectivity index (χ1v) is 5.83. The van der Waals surface area contributed by atoms with E-state index >= 15 is 0 Å². The molecular weight excluding hydrogens is 233 g/mol. The maximum Gasteiger partial charge on any atom is 0.211 e. The maximum atomic E-state index is 13.9. The highest BCUT2D eigenvalue weighted by Crippen LogP contribution is 2.23. The summed E-state index contributed by atoms with van der Waals surface area (Å²) < 4.78 is 13.9. The molecule has 0 spiro atoms. The van der Waals surface area contributed by atoms with Crippen molar-refractivity contribution in [3.05, 3.63) is 29.6 Å². The quantitative estimate of drug-likeness (QED) is 0.477. The second kappa shape index (κ2) is 5.48. The third kappa shape index (κ3) is 2.97. The number of hydrogen-bond donors (Lipinski definition) is 2. The minimum Gasteiger partial charge on any atom is -0.369 e. The number of nitrogens with zero attached hydrogens (tertiary/aromatic N) is 3. The van der Waals surface area contributed by atoms with Crippen molar-refractivity contribution in [3.63, 3.8) is 0 Å². The highest BCUT2D eigenvalue weighted by Gasteiger charge is 2.15. The van der Waals surface area contributed by atoms with Crippen LogP contribution in [-0.4, -0.2) is 25.3 Å². The molecule has 0 atom stereocenters. The Morgan fingerprint density at radius 3 is 2.61 bits per heavy atom. The number of nitrogens with two attached hydrogens (primary N) is 2. The minimum atomic E-state index is -0.245. The Morgan fingerprint density at radius 2 is 2.00 bits per heavy atom. The van der Waals surface area contributed by atoms with Gasteiger partial charge in [-0.3, -0.25) is 0 Å². The Bertz CT molecular complexity index is 473. The topological polar surface area (TPSA) is 80.0 Å². The van der Waals surface area contributed by atoms with Crippen LogP contribution >= 0.6 is 0 Å². The molecule has 1 aliphatic heterocycles. The number of halogens is 1. The number of benzene rings is 1. The highest BCUT2D eigenvalue weighted by molar-refractivity contribution is 5.82. The zero-order valence-corrected chi connectivity index (χ0v) is 10.0. The summed E-state index contributed by atoms with van der Waals surface area (Å²) in [5, 5.41) is 7.10. The van der Waals surface area contributed by atoms with Crippen molar-refractivity contribution in [2.45, 2.75) is 12.8 Å². The van der Waals surface area contributed by atoms with Crippen LogP contribution in [0.1, 0.15) is 18.4 Å². The monoisotopic (exact) mass is 249 g/mol. The van der Waals surface area contributed by atoms with Crippen LogP contribution < -0.4 is 16.4 Å². The molecule has 1 aromatic rings. The smallest absolute Gasteiger partial charge is 0.211 e. The van der Waals surface area contributed by atoms with Crippen LogP contribution in [0.25, 0.3) is 0 Å². The fourth-order valence-corrected chi connectivity index (χ4v) is 1.98. The predicted octanol–water partition coefficient (Wildman–Crippen LogP) is 1.03. The van der Waals surface area contributed by atoms with Crippen LogP contribution in [0.4, 0.5) is 10.1 Å². The van der Waals surface area contributed by atoms with Gasteiger partial charge in [0, 0.05) is 13.1 Å². The van der Waals surface area contributed by atoms with Crippen LogP contribution in [0.5, 0.6) is 0 Å². The summed E-state index contributed by atoms with van der Waals surface area (Å²) in [5.74, 6) is -0.369. The van der Waals surface area contributed by atoms with Crippen molar-refractivity contribution in [1.29, 1.82) is 0 Å². The fourth-order valence-electron chi connectivity index (χ4n) is 1.98. The van der Waals surface area contributed by atoms with Crippen LogP contribution in [-0.2, 0) is 0 Å². The van der Waals surface area contributed by atoms with Gasteiger partial charge in [-0.15, -0.1) is 5.10 Å². The summed E-state index contributed by atoms with van der Waals surface area (Å²) in [6, 6.07) is 4.99. The van der Waals surface area contributed by atoms with E-state index in [9.17, 15) is 4.39 Å². The van der Waals surface area contributed by atoms with Crippen molar-refractivity contribution >= 4 is 17.9 Å². The minimum absolute atomic E-state index is 0.125. The van der Waals surface area contributed by atoms with Gasteiger partial charge in [0.1, 0.15) is 5.82 Å². The van der Waals surface area contributed by atoms with Crippen LogP contribution in [0.3, 0.4) is 0 Å². The van der Waals surface area contributed by atoms with Gasteiger partial charge < -0.3 is 16.4 Å². The predicted molar refractivity (Wildman–Crippen MR) is 71.3 cm³/mol. The molecule has 5 nitrogen and oxygen atoms in total. The molecule has 18 heavy (non-hydrogen) atoms. The van der Waals surface area contributed by atoms with Crippen molar-refractivity contribution < 1.29 is 4.39 Å². The first-order valence-electron chi connectivity index (χ1n) is 5.83. The van der Waals surface area contributed by atoms with E-state index in [1.165, 1.54) is 12.3 Å². The molecule has 96 valence electrons. The van der Waals surface area contributed by atoms with Gasteiger partial charge in [0.15, 0.2) is 0 Å². The van der Waals surface area contributed by atoms with E-state index in [0.29, 0.717) is 11.3 Å². The average molecular weight is 249 g/mol. The summed E-state index contributed by atoms with van der Waals surface area (Å²) in [6.07, 6.45) is 3.65. The molecule has 1 aliphatic rings. The second-order valence-electron chi connectivity index (χ2n) is 4.17. The normalized spacial score (nSPS) is 15.3. The van der Waals surface area contributed by atoms with Crippen LogP contribution in [0.15, 0.2) is 28.4 Å². The SMILES string of the molecule is NC(N)=NN=Cc1ccc(N2CCCC2)c(F)c1. The zero-order chi connectivity index (χ0) is 13.0. The van der Waals surface area contributed by atoms with Gasteiger partial charge in [0.25, 0.3) is 0 Å². The molecule has 6 heteroatoms. The summed E-state index contributed by atoms with van der Waals surface area (Å²) in [7, 11) is 0. The molecule has 0 aliphatic carbocycles. The number of anilines is 1. The van der Waals surface area contributed by atoms with Gasteiger partial charge in [-0.05, 0) is 30.5 Å². The molecule has 0 amide bonds. The van der Waals surface area contributed by atoms with Crippen molar-refractivity contribution in [3.8, 4) is 0 Å². The fraction of sp³-hybridized carbons (Fsp3) is 0.333. The van der Waals surface area contributed by atoms with Gasteiger partial charge in [-0.2, -0.15) is 5.10 Å². The Morgan fingerprint density at radius 1 is 1.28 bits per heavy atom. The number of hydrogen-bond acceptors (Lipinski definition) is 3. The van der Waals surface area contributed by atoms with Crippen molar-refractivity contribution in [2.75, 3.05) is 18.0 Å². The standard InChI is InChI=1S/C12H16FN5/c13-10-7-9(8-16-17-12(14)15)3-4-11(10)18-5-1-2-6-18/h3-4,7-8H,1-2,5-6H2,(H4,14,15,17). The summed E-state index contributed by atoms with van der Waals surface area (Å²) in [6.45, 7) is 1.83. The van der Waals surface area contributed by atoms with Gasteiger partial charge in [0.05, 0.1) is 11.9 Å². The van der Waals surface area contributed by atoms with E-state index in [1.54, 1.807) is 12.1 Å². The van der Waals surface area contributed by atoms with Crippen LogP contribution in [0, 0.1) is 5.82 Å². The maximum absolute atomic E-state index is 13.9. The largest absolute Gasteiger partial charge is 0.369 e. The lowest BCUT2D eigenvalue weighted by Crippen LogP contribution is -2.21. The molecule has 1 heterocycles. The molecule has 0 unspecified atom stereocenters. The van der Waals surface area contributed by atoms with E-state index in [0.717, 1.165) is 25.9 Å². The van der Waals surface area contributed by atoms with E-state index in [-0.39, 0.29) is 11.8 Å². The highest BCUT2D eigenvalue weighted by atomic mass is 19.1. The van der Waals surface area contributed by atoms with E-state index in [2.05, 4.69) is 10.2 Å². The van der Waals surface area contributed by atoms with Gasteiger partial charge in [-0.25, -0.2) is 4.39 Å². The molecule has 1 fully saturated rings. The molecule has 1 saturated heterocycles. The summed E-state index contributed by atoms with van der Waals surface area (Å²) >= 11 is 0. The van der Waals surface area contributed by atoms with Crippen molar-refractivity contribution in [1.82, 2.24) is 0 Å². The first-order chi connectivity index (χ1) is 8.66. The van der Waals surface area contributed by atoms with Gasteiger partial charge in [0.2, 0.25) is 5.96 Å². The molecule has 0 aromatic heterocycles. The molecule has 0 bridgehead atoms. The average Bonchev–Trinajstić information content (AvgIpc) is 2.82. The Kier molecular flexibility index (Phi) is 3.76. The molecule has 1 aromatic carbocycles. The Labute approximate surface area is 105 Å². The third-order valence-electron chi connectivity index (χ3n) is 2.80. The summed E-state index contributed by atoms with van der Waals surface area (Å²) in [5.41, 5.74) is 11.5. The lowest BCUT2D eigenvalue weighted by molar-refractivity contribution is 0.623. The summed E-state index contributed by atoms with van der Waals surface area (Å²) in [4.78, 5) is 2.05. The number of rotatable bonds is 3. The third-order valence-corrected chi connectivity index (χ3v) is 2.80. The lowest BCUT2D eigenvalue weighted by atomic mass is 10.2. The number of guanidine groups is 1. The molecule has 4 N–H and O–H groups in total. The van der Waals surface area contributed by atoms with Crippen molar-refractivity contribution in [2.24, 2.45) is 21.7 Å². The molecular formula is C12H16FN5. The Balaban J connectivity index is 2.14. The van der Waals surface area contributed by atoms with Crippen LogP contribution in [0.2, 0.25) is 0 Å². The molecule has 2 rings (SSSR count). The first kappa shape index (κ1) is 12.3. The van der Waals surface area contributed by atoms with E-state index in [1.807, 2.05) is 4.90 Å². The molecule has 0 radical (unpaired) electrons. The lowest BCUT2D eigenvalue weighted by Gasteiger charge is -2.18. The second-order valence-corrected chi connectivity index (χ2v) is 4.17. The Hall–Kier alpha value is -2.11. The van der Waals surface area contributed by atoms with Gasteiger partial charge >= 0.3 is 0 Å². The zero-order valence-electron chi connectivity index (χ0n) is 10.0. The van der Waals surface area contributed by atoms with E-state index in [4.69, 9.17) is 11.5 Å². The molecule has 0 saturated carbocycles. The van der Waals surface area contributed by atoms with E-state index < -0.39 is 0 Å². The van der Waals surface area contributed by atoms with Gasteiger partial charge in [-0.1, -0.05) is 6.07 Å².